The lowest BCUT2D eigenvalue weighted by Gasteiger charge is -2.03. The zero-order chi connectivity index (χ0) is 10.1. The molecule has 80 valence electrons. The summed E-state index contributed by atoms with van der Waals surface area (Å²) in [6, 6.07) is 4.12. The molecule has 0 aliphatic rings. The van der Waals surface area contributed by atoms with Gasteiger partial charge in [0.15, 0.2) is 0 Å². The number of nitrogens with one attached hydrogen (secondary N) is 2. The number of H-pyrrole nitrogens is 1. The molecule has 0 atom stereocenters. The van der Waals surface area contributed by atoms with Crippen LogP contribution < -0.4 is 5.32 Å². The molecule has 1 aromatic rings. The number of aromatic nitrogens is 1. The second kappa shape index (κ2) is 7.59. The highest BCUT2D eigenvalue weighted by Crippen LogP contribution is 1.96. The fraction of sp³-hybridized carbons (Fsp3) is 0.636. The smallest absolute Gasteiger partial charge is 0.0462 e. The summed E-state index contributed by atoms with van der Waals surface area (Å²) in [5, 5.41) is 3.39. The van der Waals surface area contributed by atoms with E-state index < -0.39 is 0 Å². The van der Waals surface area contributed by atoms with Crippen molar-refractivity contribution in [3.63, 3.8) is 0 Å². The van der Waals surface area contributed by atoms with E-state index in [9.17, 15) is 0 Å². The molecule has 0 radical (unpaired) electrons. The number of aromatic amines is 1. The molecule has 0 aliphatic heterocycles. The summed E-state index contributed by atoms with van der Waals surface area (Å²) >= 11 is 0. The standard InChI is InChI=1S/C11H20N2O/c1-14-9-4-2-3-7-12-10-11-6-5-8-13-11/h5-6,8,12-13H,2-4,7,9-10H2,1H3. The number of ether oxygens (including phenoxy) is 1. The van der Waals surface area contributed by atoms with E-state index in [4.69, 9.17) is 4.74 Å². The van der Waals surface area contributed by atoms with Gasteiger partial charge in [-0.2, -0.15) is 0 Å². The van der Waals surface area contributed by atoms with Crippen molar-refractivity contribution in [3.05, 3.63) is 24.0 Å². The summed E-state index contributed by atoms with van der Waals surface area (Å²) in [7, 11) is 1.75. The Morgan fingerprint density at radius 3 is 3.00 bits per heavy atom. The van der Waals surface area contributed by atoms with Gasteiger partial charge in [0.25, 0.3) is 0 Å². The molecule has 0 spiro atoms. The Labute approximate surface area is 85.9 Å². The van der Waals surface area contributed by atoms with Crippen molar-refractivity contribution >= 4 is 0 Å². The molecular weight excluding hydrogens is 176 g/mol. The molecule has 0 saturated heterocycles. The molecule has 1 aromatic heterocycles. The Hall–Kier alpha value is -0.800. The SMILES string of the molecule is COCCCCCNCc1ccc[nH]1. The Kier molecular flexibility index (Phi) is 6.11. The van der Waals surface area contributed by atoms with E-state index in [2.05, 4.69) is 16.4 Å². The minimum Gasteiger partial charge on any atom is -0.385 e. The lowest BCUT2D eigenvalue weighted by molar-refractivity contribution is 0.192. The van der Waals surface area contributed by atoms with Crippen LogP contribution in [0.3, 0.4) is 0 Å². The molecule has 0 saturated carbocycles. The zero-order valence-electron chi connectivity index (χ0n) is 8.88. The number of hydrogen-bond donors (Lipinski definition) is 2. The molecule has 0 aromatic carbocycles. The highest BCUT2D eigenvalue weighted by molar-refractivity contribution is 5.02. The van der Waals surface area contributed by atoms with Crippen LogP contribution >= 0.6 is 0 Å². The first kappa shape index (κ1) is 11.3. The molecule has 0 bridgehead atoms. The normalized spacial score (nSPS) is 10.6. The van der Waals surface area contributed by atoms with Gasteiger partial charge >= 0.3 is 0 Å². The van der Waals surface area contributed by atoms with Crippen LogP contribution in [0.5, 0.6) is 0 Å². The maximum atomic E-state index is 4.98. The molecule has 3 nitrogen and oxygen atoms in total. The van der Waals surface area contributed by atoms with Gasteiger partial charge in [0.2, 0.25) is 0 Å². The molecule has 2 N–H and O–H groups in total. The Morgan fingerprint density at radius 1 is 1.36 bits per heavy atom. The molecule has 14 heavy (non-hydrogen) atoms. The van der Waals surface area contributed by atoms with Crippen molar-refractivity contribution in [2.75, 3.05) is 20.3 Å². The van der Waals surface area contributed by atoms with Crippen molar-refractivity contribution in [1.82, 2.24) is 10.3 Å². The molecule has 0 fully saturated rings. The van der Waals surface area contributed by atoms with Crippen LogP contribution in [0.15, 0.2) is 18.3 Å². The number of hydrogen-bond acceptors (Lipinski definition) is 2. The minimum absolute atomic E-state index is 0.886. The average Bonchev–Trinajstić information content (AvgIpc) is 2.69. The van der Waals surface area contributed by atoms with Gasteiger partial charge in [-0.25, -0.2) is 0 Å². The fourth-order valence-corrected chi connectivity index (χ4v) is 1.37. The number of methoxy groups -OCH3 is 1. The van der Waals surface area contributed by atoms with Gasteiger partial charge in [0.05, 0.1) is 0 Å². The fourth-order valence-electron chi connectivity index (χ4n) is 1.37. The van der Waals surface area contributed by atoms with Crippen molar-refractivity contribution in [2.24, 2.45) is 0 Å². The van der Waals surface area contributed by atoms with Crippen molar-refractivity contribution < 1.29 is 4.74 Å². The summed E-state index contributed by atoms with van der Waals surface area (Å²) < 4.78 is 4.98. The van der Waals surface area contributed by atoms with Gasteiger partial charge in [-0.05, 0) is 37.9 Å². The maximum Gasteiger partial charge on any atom is 0.0462 e. The quantitative estimate of drug-likeness (QED) is 0.623. The van der Waals surface area contributed by atoms with Crippen LogP contribution in [0.2, 0.25) is 0 Å². The van der Waals surface area contributed by atoms with Crippen molar-refractivity contribution in [2.45, 2.75) is 25.8 Å². The van der Waals surface area contributed by atoms with Crippen LogP contribution in [-0.2, 0) is 11.3 Å². The Bertz CT molecular complexity index is 209. The summed E-state index contributed by atoms with van der Waals surface area (Å²) in [4.78, 5) is 3.17. The van der Waals surface area contributed by atoms with Gasteiger partial charge in [-0.1, -0.05) is 0 Å². The first-order valence-electron chi connectivity index (χ1n) is 5.25. The van der Waals surface area contributed by atoms with Crippen LogP contribution in [0.25, 0.3) is 0 Å². The maximum absolute atomic E-state index is 4.98. The molecule has 0 aliphatic carbocycles. The summed E-state index contributed by atoms with van der Waals surface area (Å²) in [5.41, 5.74) is 1.25. The molecule has 1 heterocycles. The second-order valence-electron chi connectivity index (χ2n) is 3.43. The van der Waals surface area contributed by atoms with E-state index >= 15 is 0 Å². The molecule has 0 unspecified atom stereocenters. The van der Waals surface area contributed by atoms with Crippen LogP contribution in [0, 0.1) is 0 Å². The third kappa shape index (κ3) is 5.04. The van der Waals surface area contributed by atoms with E-state index in [1.165, 1.54) is 25.0 Å². The van der Waals surface area contributed by atoms with E-state index in [1.54, 1.807) is 7.11 Å². The lowest BCUT2D eigenvalue weighted by atomic mass is 10.2. The highest BCUT2D eigenvalue weighted by Gasteiger charge is 1.92. The predicted molar refractivity (Wildman–Crippen MR) is 58.2 cm³/mol. The highest BCUT2D eigenvalue weighted by atomic mass is 16.5. The third-order valence-electron chi connectivity index (χ3n) is 2.18. The van der Waals surface area contributed by atoms with Crippen molar-refractivity contribution in [1.29, 1.82) is 0 Å². The van der Waals surface area contributed by atoms with Crippen LogP contribution in [-0.4, -0.2) is 25.2 Å². The largest absolute Gasteiger partial charge is 0.385 e. The number of unbranched alkanes of at least 4 members (excludes halogenated alkanes) is 2. The Balaban J connectivity index is 1.85. The lowest BCUT2D eigenvalue weighted by Crippen LogP contribution is -2.14. The average molecular weight is 196 g/mol. The van der Waals surface area contributed by atoms with Gasteiger partial charge < -0.3 is 15.0 Å². The molecule has 1 rings (SSSR count). The van der Waals surface area contributed by atoms with Gasteiger partial charge in [-0.3, -0.25) is 0 Å². The first-order valence-corrected chi connectivity index (χ1v) is 5.25. The van der Waals surface area contributed by atoms with Crippen LogP contribution in [0.1, 0.15) is 25.0 Å². The summed E-state index contributed by atoms with van der Waals surface area (Å²) in [6.07, 6.45) is 5.59. The summed E-state index contributed by atoms with van der Waals surface area (Å²) in [5.74, 6) is 0. The van der Waals surface area contributed by atoms with E-state index in [0.717, 1.165) is 19.7 Å². The number of rotatable bonds is 8. The molecular formula is C11H20N2O. The zero-order valence-corrected chi connectivity index (χ0v) is 8.88. The van der Waals surface area contributed by atoms with E-state index in [1.807, 2.05) is 12.3 Å². The topological polar surface area (TPSA) is 37.0 Å². The Morgan fingerprint density at radius 2 is 2.29 bits per heavy atom. The monoisotopic (exact) mass is 196 g/mol. The van der Waals surface area contributed by atoms with Gasteiger partial charge in [0.1, 0.15) is 0 Å². The summed E-state index contributed by atoms with van der Waals surface area (Å²) in [6.45, 7) is 2.91. The van der Waals surface area contributed by atoms with E-state index in [-0.39, 0.29) is 0 Å². The third-order valence-corrected chi connectivity index (χ3v) is 2.18. The predicted octanol–water partition coefficient (Wildman–Crippen LogP) is 1.92. The van der Waals surface area contributed by atoms with E-state index in [0.29, 0.717) is 0 Å². The van der Waals surface area contributed by atoms with Gasteiger partial charge in [0, 0.05) is 32.2 Å². The second-order valence-corrected chi connectivity index (χ2v) is 3.43. The van der Waals surface area contributed by atoms with Crippen LogP contribution in [0.4, 0.5) is 0 Å². The minimum atomic E-state index is 0.886. The first-order chi connectivity index (χ1) is 6.93. The molecule has 3 heteroatoms. The van der Waals surface area contributed by atoms with Crippen molar-refractivity contribution in [3.8, 4) is 0 Å². The van der Waals surface area contributed by atoms with Gasteiger partial charge in [-0.15, -0.1) is 0 Å². The molecule has 0 amide bonds.